The summed E-state index contributed by atoms with van der Waals surface area (Å²) in [7, 11) is 0. The summed E-state index contributed by atoms with van der Waals surface area (Å²) in [6, 6.07) is 13.6. The van der Waals surface area contributed by atoms with Crippen molar-refractivity contribution in [2.45, 2.75) is 55.7 Å². The minimum atomic E-state index is -4.46. The maximum Gasteiger partial charge on any atom is 0.401 e. The van der Waals surface area contributed by atoms with Gasteiger partial charge in [0.15, 0.2) is 11.6 Å². The molecule has 0 bridgehead atoms. The second-order valence-electron chi connectivity index (χ2n) is 10.6. The topological polar surface area (TPSA) is 107 Å². The summed E-state index contributed by atoms with van der Waals surface area (Å²) in [5, 5.41) is 5.89. The maximum atomic E-state index is 14.8. The zero-order valence-corrected chi connectivity index (χ0v) is 21.3. The van der Waals surface area contributed by atoms with Gasteiger partial charge in [0.25, 0.3) is 0 Å². The van der Waals surface area contributed by atoms with Crippen molar-refractivity contribution in [1.29, 1.82) is 0 Å². The standard InChI is InChI=1S/C29H25F4N5O2/c30-22-12-18(20-15-35-24(36-16-20)11-17-1-5-21(6-2-17)28(34)9-10-28)3-4-19(22)13-26(39)37-25-14-23(40-38-25)27(7-8-27)29(31,32)33/h1-6,12,14-16H,7-11,13,34H2,(H,37,38,39). The number of benzene rings is 2. The predicted molar refractivity (Wildman–Crippen MR) is 138 cm³/mol. The van der Waals surface area contributed by atoms with Crippen molar-refractivity contribution in [2.24, 2.45) is 5.73 Å². The van der Waals surface area contributed by atoms with Gasteiger partial charge in [-0.2, -0.15) is 13.2 Å². The molecule has 3 N–H and O–H groups in total. The number of alkyl halides is 3. The molecule has 0 radical (unpaired) electrons. The highest BCUT2D eigenvalue weighted by molar-refractivity contribution is 5.91. The van der Waals surface area contributed by atoms with Crippen LogP contribution < -0.4 is 11.1 Å². The first-order valence-corrected chi connectivity index (χ1v) is 12.9. The fourth-order valence-corrected chi connectivity index (χ4v) is 4.74. The summed E-state index contributed by atoms with van der Waals surface area (Å²) >= 11 is 0. The van der Waals surface area contributed by atoms with Crippen LogP contribution in [0.1, 0.15) is 54.0 Å². The highest BCUT2D eigenvalue weighted by atomic mass is 19.4. The normalized spacial score (nSPS) is 16.9. The van der Waals surface area contributed by atoms with Crippen molar-refractivity contribution >= 4 is 11.7 Å². The van der Waals surface area contributed by atoms with Gasteiger partial charge < -0.3 is 15.6 Å². The van der Waals surface area contributed by atoms with Crippen LogP contribution in [0.25, 0.3) is 11.1 Å². The van der Waals surface area contributed by atoms with Crippen molar-refractivity contribution in [1.82, 2.24) is 15.1 Å². The second kappa shape index (κ2) is 9.51. The zero-order valence-electron chi connectivity index (χ0n) is 21.3. The number of rotatable bonds is 8. The van der Waals surface area contributed by atoms with Crippen LogP contribution in [0.15, 0.2) is 65.4 Å². The van der Waals surface area contributed by atoms with Crippen molar-refractivity contribution < 1.29 is 26.9 Å². The molecule has 40 heavy (non-hydrogen) atoms. The van der Waals surface area contributed by atoms with Crippen LogP contribution in [0.4, 0.5) is 23.4 Å². The molecular formula is C29H25F4N5O2. The number of amides is 1. The SMILES string of the molecule is NC1(c2ccc(Cc3ncc(-c4ccc(CC(=O)Nc5cc(C6(C(F)(F)F)CC6)on5)c(F)c4)cn3)cc2)CC1. The maximum absolute atomic E-state index is 14.8. The van der Waals surface area contributed by atoms with Crippen LogP contribution >= 0.6 is 0 Å². The first-order valence-electron chi connectivity index (χ1n) is 12.9. The first-order chi connectivity index (χ1) is 19.0. The molecule has 4 aromatic rings. The number of anilines is 1. The molecule has 7 nitrogen and oxygen atoms in total. The van der Waals surface area contributed by atoms with Crippen LogP contribution in [-0.2, 0) is 28.6 Å². The zero-order chi connectivity index (χ0) is 28.1. The first kappa shape index (κ1) is 26.1. The van der Waals surface area contributed by atoms with Gasteiger partial charge in [-0.05, 0) is 54.0 Å². The van der Waals surface area contributed by atoms with Gasteiger partial charge in [-0.25, -0.2) is 14.4 Å². The Balaban J connectivity index is 1.07. The average molecular weight is 552 g/mol. The van der Waals surface area contributed by atoms with E-state index >= 15 is 0 Å². The lowest BCUT2D eigenvalue weighted by molar-refractivity contribution is -0.165. The monoisotopic (exact) mass is 551 g/mol. The molecule has 2 fully saturated rings. The van der Waals surface area contributed by atoms with Crippen LogP contribution in [0.2, 0.25) is 0 Å². The molecule has 2 heterocycles. The van der Waals surface area contributed by atoms with E-state index in [0.29, 0.717) is 23.4 Å². The minimum Gasteiger partial charge on any atom is -0.358 e. The number of hydrogen-bond acceptors (Lipinski definition) is 6. The molecule has 2 aliphatic rings. The molecule has 0 saturated heterocycles. The summed E-state index contributed by atoms with van der Waals surface area (Å²) in [6.07, 6.45) is 0.818. The van der Waals surface area contributed by atoms with Gasteiger partial charge >= 0.3 is 6.18 Å². The number of carbonyl (C=O) groups is 1. The molecule has 0 aliphatic heterocycles. The molecule has 0 unspecified atom stereocenters. The van der Waals surface area contributed by atoms with Crippen molar-refractivity contribution in [3.05, 3.63) is 95.0 Å². The lowest BCUT2D eigenvalue weighted by Crippen LogP contribution is -2.28. The number of hydrogen-bond donors (Lipinski definition) is 2. The smallest absolute Gasteiger partial charge is 0.358 e. The largest absolute Gasteiger partial charge is 0.401 e. The molecule has 206 valence electrons. The summed E-state index contributed by atoms with van der Waals surface area (Å²) < 4.78 is 59.5. The van der Waals surface area contributed by atoms with Gasteiger partial charge in [-0.1, -0.05) is 41.6 Å². The lowest BCUT2D eigenvalue weighted by atomic mass is 10.0. The number of aromatic nitrogens is 3. The third-order valence-electron chi connectivity index (χ3n) is 7.66. The Morgan fingerprint density at radius 3 is 2.27 bits per heavy atom. The Kier molecular flexibility index (Phi) is 6.21. The summed E-state index contributed by atoms with van der Waals surface area (Å²) in [4.78, 5) is 21.2. The van der Waals surface area contributed by atoms with Gasteiger partial charge in [0.05, 0.1) is 6.42 Å². The highest BCUT2D eigenvalue weighted by Crippen LogP contribution is 2.59. The molecule has 2 aliphatic carbocycles. The Morgan fingerprint density at radius 1 is 0.975 bits per heavy atom. The van der Waals surface area contributed by atoms with Crippen LogP contribution in [0.3, 0.4) is 0 Å². The van der Waals surface area contributed by atoms with E-state index in [1.807, 2.05) is 24.3 Å². The molecule has 1 amide bonds. The Hall–Kier alpha value is -4.12. The molecule has 6 rings (SSSR count). The van der Waals surface area contributed by atoms with Crippen molar-refractivity contribution in [2.75, 3.05) is 5.32 Å². The molecular weight excluding hydrogens is 526 g/mol. The number of carbonyl (C=O) groups excluding carboxylic acids is 1. The quantitative estimate of drug-likeness (QED) is 0.277. The predicted octanol–water partition coefficient (Wildman–Crippen LogP) is 5.58. The van der Waals surface area contributed by atoms with Crippen LogP contribution in [-0.4, -0.2) is 27.2 Å². The summed E-state index contributed by atoms with van der Waals surface area (Å²) in [6.45, 7) is 0. The van der Waals surface area contributed by atoms with E-state index in [1.54, 1.807) is 18.5 Å². The van der Waals surface area contributed by atoms with E-state index in [2.05, 4.69) is 20.4 Å². The van der Waals surface area contributed by atoms with Gasteiger partial charge in [0.2, 0.25) is 5.91 Å². The van der Waals surface area contributed by atoms with Crippen LogP contribution in [0, 0.1) is 5.82 Å². The Labute approximate surface area is 226 Å². The third-order valence-corrected chi connectivity index (χ3v) is 7.66. The average Bonchev–Trinajstić information content (AvgIpc) is 3.84. The van der Waals surface area contributed by atoms with Gasteiger partial charge in [0.1, 0.15) is 17.1 Å². The Morgan fingerprint density at radius 2 is 1.68 bits per heavy atom. The van der Waals surface area contributed by atoms with Gasteiger partial charge in [0, 0.05) is 36.0 Å². The number of halogens is 4. The van der Waals surface area contributed by atoms with Gasteiger partial charge in [-0.15, -0.1) is 0 Å². The number of nitrogens with zero attached hydrogens (tertiary/aromatic N) is 3. The van der Waals surface area contributed by atoms with Gasteiger partial charge in [-0.3, -0.25) is 4.79 Å². The molecule has 11 heteroatoms. The fraction of sp³-hybridized carbons (Fsp3) is 0.310. The molecule has 2 aromatic carbocycles. The van der Waals surface area contributed by atoms with E-state index in [-0.39, 0.29) is 41.9 Å². The molecule has 0 spiro atoms. The minimum absolute atomic E-state index is 0.0893. The van der Waals surface area contributed by atoms with E-state index in [1.165, 1.54) is 12.1 Å². The third kappa shape index (κ3) is 5.08. The van der Waals surface area contributed by atoms with Crippen molar-refractivity contribution in [3.63, 3.8) is 0 Å². The van der Waals surface area contributed by atoms with E-state index in [9.17, 15) is 22.4 Å². The van der Waals surface area contributed by atoms with E-state index in [4.69, 9.17) is 10.3 Å². The van der Waals surface area contributed by atoms with Crippen LogP contribution in [0.5, 0.6) is 0 Å². The number of nitrogens with two attached hydrogens (primary N) is 1. The highest BCUT2D eigenvalue weighted by Gasteiger charge is 2.66. The molecule has 0 atom stereocenters. The second-order valence-corrected chi connectivity index (χ2v) is 10.6. The fourth-order valence-electron chi connectivity index (χ4n) is 4.74. The lowest BCUT2D eigenvalue weighted by Gasteiger charge is -2.14. The summed E-state index contributed by atoms with van der Waals surface area (Å²) in [5.74, 6) is -1.11. The number of nitrogens with one attached hydrogen (secondary N) is 1. The van der Waals surface area contributed by atoms with E-state index in [0.717, 1.165) is 30.0 Å². The summed E-state index contributed by atoms with van der Waals surface area (Å²) in [5.41, 5.74) is 7.48. The molecule has 2 aromatic heterocycles. The van der Waals surface area contributed by atoms with Crippen molar-refractivity contribution in [3.8, 4) is 11.1 Å². The molecule has 2 saturated carbocycles. The van der Waals surface area contributed by atoms with E-state index < -0.39 is 23.3 Å². The Bertz CT molecular complexity index is 1560.